The van der Waals surface area contributed by atoms with E-state index in [1.807, 2.05) is 6.92 Å². The Kier molecular flexibility index (Phi) is 5.13. The Morgan fingerprint density at radius 1 is 1.09 bits per heavy atom. The number of ketones is 1. The second kappa shape index (κ2) is 8.15. The van der Waals surface area contributed by atoms with Gasteiger partial charge in [-0.1, -0.05) is 42.0 Å². The van der Waals surface area contributed by atoms with Crippen molar-refractivity contribution >= 4 is 34.4 Å². The first-order valence-corrected chi connectivity index (χ1v) is 10.6. The number of aliphatic hydroxyl groups excluding tert-OH is 1. The molecule has 0 bridgehead atoms. The molecule has 34 heavy (non-hydrogen) atoms. The van der Waals surface area contributed by atoms with Crippen molar-refractivity contribution in [3.05, 3.63) is 94.8 Å². The largest absolute Gasteiger partial charge is 0.507 e. The molecule has 0 radical (unpaired) electrons. The van der Waals surface area contributed by atoms with Gasteiger partial charge in [0.05, 0.1) is 29.3 Å². The zero-order valence-electron chi connectivity index (χ0n) is 18.4. The highest BCUT2D eigenvalue weighted by molar-refractivity contribution is 6.51. The number of para-hydroxylation sites is 2. The average Bonchev–Trinajstić information content (AvgIpc) is 3.37. The van der Waals surface area contributed by atoms with Crippen molar-refractivity contribution in [2.75, 3.05) is 12.0 Å². The predicted octanol–water partition coefficient (Wildman–Crippen LogP) is 4.65. The van der Waals surface area contributed by atoms with Crippen molar-refractivity contribution < 1.29 is 23.8 Å². The van der Waals surface area contributed by atoms with E-state index >= 15 is 4.39 Å². The fraction of sp³-hybridized carbons (Fsp3) is 0.115. The number of H-pyrrole nitrogens is 1. The number of nitrogens with one attached hydrogen (secondary N) is 1. The molecule has 1 aliphatic heterocycles. The molecule has 1 fully saturated rings. The lowest BCUT2D eigenvalue weighted by atomic mass is 9.94. The summed E-state index contributed by atoms with van der Waals surface area (Å²) in [6, 6.07) is 16.8. The summed E-state index contributed by atoms with van der Waals surface area (Å²) in [5.74, 6) is -2.57. The quantitative estimate of drug-likeness (QED) is 0.264. The van der Waals surface area contributed by atoms with Gasteiger partial charge in [-0.3, -0.25) is 14.5 Å². The van der Waals surface area contributed by atoms with E-state index in [0.717, 1.165) is 10.5 Å². The van der Waals surface area contributed by atoms with E-state index in [1.165, 1.54) is 25.3 Å². The molecule has 4 aromatic rings. The number of carbonyl (C=O) groups is 2. The molecule has 5 rings (SSSR count). The van der Waals surface area contributed by atoms with Crippen LogP contribution >= 0.6 is 0 Å². The number of amides is 1. The van der Waals surface area contributed by atoms with Gasteiger partial charge in [0, 0.05) is 5.56 Å². The number of halogens is 1. The van der Waals surface area contributed by atoms with Crippen molar-refractivity contribution in [3.63, 3.8) is 0 Å². The molecule has 1 aromatic heterocycles. The lowest BCUT2D eigenvalue weighted by Gasteiger charge is -2.23. The molecule has 2 heterocycles. The summed E-state index contributed by atoms with van der Waals surface area (Å²) in [7, 11) is 1.43. The molecule has 3 aromatic carbocycles. The normalized spacial score (nSPS) is 17.5. The van der Waals surface area contributed by atoms with Gasteiger partial charge in [0.15, 0.2) is 0 Å². The third-order valence-corrected chi connectivity index (χ3v) is 5.86. The van der Waals surface area contributed by atoms with E-state index in [1.54, 1.807) is 48.5 Å². The van der Waals surface area contributed by atoms with Gasteiger partial charge in [0.2, 0.25) is 5.95 Å². The number of fused-ring (bicyclic) bond motifs is 1. The predicted molar refractivity (Wildman–Crippen MR) is 125 cm³/mol. The smallest absolute Gasteiger partial charge is 0.302 e. The van der Waals surface area contributed by atoms with Crippen molar-refractivity contribution in [1.82, 2.24) is 9.97 Å². The summed E-state index contributed by atoms with van der Waals surface area (Å²) in [4.78, 5) is 35.1. The number of aryl methyl sites for hydroxylation is 1. The molecule has 1 aliphatic rings. The minimum Gasteiger partial charge on any atom is -0.507 e. The zero-order chi connectivity index (χ0) is 24.0. The van der Waals surface area contributed by atoms with Crippen LogP contribution in [0.2, 0.25) is 0 Å². The second-order valence-corrected chi connectivity index (χ2v) is 7.97. The monoisotopic (exact) mass is 457 g/mol. The van der Waals surface area contributed by atoms with Crippen molar-refractivity contribution in [1.29, 1.82) is 0 Å². The number of anilines is 1. The number of Topliss-reactive ketones (excluding diaryl/α,β-unsaturated/α-hetero) is 1. The van der Waals surface area contributed by atoms with Gasteiger partial charge in [-0.15, -0.1) is 0 Å². The maximum absolute atomic E-state index is 15.0. The van der Waals surface area contributed by atoms with Crippen LogP contribution in [0.25, 0.3) is 16.8 Å². The van der Waals surface area contributed by atoms with Crippen LogP contribution < -0.4 is 9.64 Å². The van der Waals surface area contributed by atoms with Crippen LogP contribution in [0.5, 0.6) is 5.75 Å². The van der Waals surface area contributed by atoms with Crippen molar-refractivity contribution in [2.24, 2.45) is 0 Å². The molecule has 1 amide bonds. The van der Waals surface area contributed by atoms with E-state index < -0.39 is 29.3 Å². The Hall–Kier alpha value is -4.46. The highest BCUT2D eigenvalue weighted by Gasteiger charge is 2.49. The lowest BCUT2D eigenvalue weighted by molar-refractivity contribution is -0.132. The molecular formula is C26H20FN3O4. The Morgan fingerprint density at radius 3 is 2.56 bits per heavy atom. The van der Waals surface area contributed by atoms with E-state index in [0.29, 0.717) is 16.8 Å². The minimum absolute atomic E-state index is 0.0512. The first-order chi connectivity index (χ1) is 16.4. The summed E-state index contributed by atoms with van der Waals surface area (Å²) in [5, 5.41) is 11.3. The maximum atomic E-state index is 15.0. The molecule has 1 atom stereocenters. The Bertz CT molecular complexity index is 1460. The number of methoxy groups -OCH3 is 1. The molecule has 0 aliphatic carbocycles. The summed E-state index contributed by atoms with van der Waals surface area (Å²) >= 11 is 0. The first-order valence-electron chi connectivity index (χ1n) is 10.6. The van der Waals surface area contributed by atoms with Crippen LogP contribution in [0.15, 0.2) is 72.3 Å². The highest BCUT2D eigenvalue weighted by atomic mass is 19.1. The van der Waals surface area contributed by atoms with E-state index in [2.05, 4.69) is 9.97 Å². The molecule has 2 N–H and O–H groups in total. The topological polar surface area (TPSA) is 95.5 Å². The molecule has 0 saturated carbocycles. The van der Waals surface area contributed by atoms with Crippen LogP contribution in [0.3, 0.4) is 0 Å². The number of aromatic nitrogens is 2. The highest BCUT2D eigenvalue weighted by Crippen LogP contribution is 2.43. The van der Waals surface area contributed by atoms with Crippen LogP contribution in [-0.4, -0.2) is 33.9 Å². The fourth-order valence-electron chi connectivity index (χ4n) is 4.25. The average molecular weight is 457 g/mol. The third-order valence-electron chi connectivity index (χ3n) is 5.86. The Balaban J connectivity index is 1.78. The SMILES string of the molecule is COc1ccc(C)cc1/C(O)=C1\C(=O)C(=O)N(c2nc3ccccc3[nH]2)C1c1ccccc1F. The standard InChI is InChI=1S/C26H20FN3O4/c1-14-11-12-20(34-2)16(13-14)23(31)21-22(15-7-3-4-8-17(15)27)30(25(33)24(21)32)26-28-18-9-5-6-10-19(18)29-26/h3-13,22,31H,1-2H3,(H,28,29)/b23-21+. The number of hydrogen-bond acceptors (Lipinski definition) is 5. The molecule has 7 nitrogen and oxygen atoms in total. The first kappa shape index (κ1) is 21.4. The number of rotatable bonds is 4. The minimum atomic E-state index is -1.24. The van der Waals surface area contributed by atoms with Gasteiger partial charge in [0.25, 0.3) is 5.78 Å². The third kappa shape index (κ3) is 3.31. The van der Waals surface area contributed by atoms with E-state index in [-0.39, 0.29) is 22.6 Å². The van der Waals surface area contributed by atoms with Gasteiger partial charge in [-0.05, 0) is 37.3 Å². The Labute approximate surface area is 194 Å². The molecule has 8 heteroatoms. The number of imidazole rings is 1. The van der Waals surface area contributed by atoms with Crippen molar-refractivity contribution in [3.8, 4) is 5.75 Å². The Morgan fingerprint density at radius 2 is 1.82 bits per heavy atom. The molecular weight excluding hydrogens is 437 g/mol. The summed E-state index contributed by atoms with van der Waals surface area (Å²) < 4.78 is 20.4. The van der Waals surface area contributed by atoms with Gasteiger partial charge in [0.1, 0.15) is 23.4 Å². The van der Waals surface area contributed by atoms with Crippen LogP contribution in [0.4, 0.5) is 10.3 Å². The molecule has 1 saturated heterocycles. The van der Waals surface area contributed by atoms with Gasteiger partial charge < -0.3 is 14.8 Å². The number of aliphatic hydroxyl groups is 1. The van der Waals surface area contributed by atoms with Crippen LogP contribution in [0.1, 0.15) is 22.7 Å². The number of benzene rings is 3. The van der Waals surface area contributed by atoms with Crippen LogP contribution in [-0.2, 0) is 9.59 Å². The zero-order valence-corrected chi connectivity index (χ0v) is 18.4. The fourth-order valence-corrected chi connectivity index (χ4v) is 4.25. The molecule has 170 valence electrons. The summed E-state index contributed by atoms with van der Waals surface area (Å²) in [6.45, 7) is 1.82. The molecule has 1 unspecified atom stereocenters. The van der Waals surface area contributed by atoms with E-state index in [9.17, 15) is 14.7 Å². The summed E-state index contributed by atoms with van der Waals surface area (Å²) in [6.07, 6.45) is 0. The van der Waals surface area contributed by atoms with Gasteiger partial charge >= 0.3 is 5.91 Å². The molecule has 0 spiro atoms. The van der Waals surface area contributed by atoms with Crippen molar-refractivity contribution in [2.45, 2.75) is 13.0 Å². The van der Waals surface area contributed by atoms with Crippen LogP contribution in [0, 0.1) is 12.7 Å². The van der Waals surface area contributed by atoms with Gasteiger partial charge in [-0.2, -0.15) is 0 Å². The van der Waals surface area contributed by atoms with E-state index in [4.69, 9.17) is 4.74 Å². The number of hydrogen-bond donors (Lipinski definition) is 2. The number of aromatic amines is 1. The second-order valence-electron chi connectivity index (χ2n) is 7.97. The van der Waals surface area contributed by atoms with Gasteiger partial charge in [-0.25, -0.2) is 9.37 Å². The maximum Gasteiger partial charge on any atom is 0.302 e. The number of ether oxygens (including phenoxy) is 1. The number of carbonyl (C=O) groups excluding carboxylic acids is 2. The number of nitrogens with zero attached hydrogens (tertiary/aromatic N) is 2. The summed E-state index contributed by atoms with van der Waals surface area (Å²) in [5.41, 5.74) is 2.05. The lowest BCUT2D eigenvalue weighted by Crippen LogP contribution is -2.30.